The van der Waals surface area contributed by atoms with Gasteiger partial charge in [0.1, 0.15) is 6.54 Å². The Labute approximate surface area is 167 Å². The number of aliphatic imine (C=N–C) groups is 1. The van der Waals surface area contributed by atoms with Crippen LogP contribution in [-0.4, -0.2) is 73.2 Å². The molecule has 0 bridgehead atoms. The van der Waals surface area contributed by atoms with Crippen molar-refractivity contribution in [2.24, 2.45) is 12.0 Å². The second-order valence-corrected chi connectivity index (χ2v) is 6.41. The van der Waals surface area contributed by atoms with E-state index in [0.29, 0.717) is 6.54 Å². The largest absolute Gasteiger partial charge is 0.376 e. The zero-order chi connectivity index (χ0) is 17.5. The Morgan fingerprint density at radius 1 is 1.44 bits per heavy atom. The zero-order valence-corrected chi connectivity index (χ0v) is 17.9. The molecule has 1 aliphatic heterocycles. The molecule has 0 radical (unpaired) electrons. The number of aryl methyl sites for hydroxylation is 1. The van der Waals surface area contributed by atoms with Crippen molar-refractivity contribution in [1.82, 2.24) is 19.7 Å². The molecular weight excluding hydrogens is 433 g/mol. The summed E-state index contributed by atoms with van der Waals surface area (Å²) < 4.78 is 7.74. The average molecular weight is 463 g/mol. The fourth-order valence-electron chi connectivity index (χ4n) is 2.58. The Bertz CT molecular complexity index is 567. The van der Waals surface area contributed by atoms with E-state index in [1.54, 1.807) is 19.0 Å². The number of halogens is 1. The summed E-state index contributed by atoms with van der Waals surface area (Å²) >= 11 is 0. The topological polar surface area (TPSA) is 62.1 Å². The first-order valence-electron chi connectivity index (χ1n) is 8.38. The van der Waals surface area contributed by atoms with E-state index in [2.05, 4.69) is 20.9 Å². The molecule has 0 spiro atoms. The highest BCUT2D eigenvalue weighted by molar-refractivity contribution is 14.0. The van der Waals surface area contributed by atoms with Crippen molar-refractivity contribution in [3.63, 3.8) is 0 Å². The quantitative estimate of drug-likeness (QED) is 0.393. The molecule has 1 aromatic rings. The van der Waals surface area contributed by atoms with Crippen LogP contribution in [-0.2, 0) is 23.1 Å². The number of nitrogens with zero attached hydrogens (tertiary/aromatic N) is 4. The molecule has 2 rings (SSSR count). The van der Waals surface area contributed by atoms with Gasteiger partial charge in [-0.2, -0.15) is 0 Å². The van der Waals surface area contributed by atoms with E-state index in [-0.39, 0.29) is 42.5 Å². The molecule has 2 heterocycles. The summed E-state index contributed by atoms with van der Waals surface area (Å²) in [7, 11) is 7.49. The van der Waals surface area contributed by atoms with Crippen LogP contribution in [0.4, 0.5) is 0 Å². The van der Waals surface area contributed by atoms with Gasteiger partial charge in [-0.3, -0.25) is 4.79 Å². The van der Waals surface area contributed by atoms with E-state index in [4.69, 9.17) is 4.74 Å². The number of nitrogens with one attached hydrogen (secondary N) is 1. The fourth-order valence-corrected chi connectivity index (χ4v) is 2.58. The van der Waals surface area contributed by atoms with Crippen molar-refractivity contribution in [2.75, 3.05) is 40.8 Å². The molecule has 142 valence electrons. The number of hydrogen-bond donors (Lipinski definition) is 1. The van der Waals surface area contributed by atoms with Gasteiger partial charge in [0.2, 0.25) is 5.91 Å². The van der Waals surface area contributed by atoms with Gasteiger partial charge in [-0.1, -0.05) is 0 Å². The highest BCUT2D eigenvalue weighted by atomic mass is 127. The van der Waals surface area contributed by atoms with Gasteiger partial charge in [0.25, 0.3) is 0 Å². The summed E-state index contributed by atoms with van der Waals surface area (Å²) in [5.41, 5.74) is 1.18. The number of aromatic nitrogens is 1. The Morgan fingerprint density at radius 2 is 2.20 bits per heavy atom. The molecule has 1 atom stereocenters. The molecular formula is C17H30IN5O2. The third kappa shape index (κ3) is 6.85. The molecule has 0 aliphatic carbocycles. The third-order valence-corrected chi connectivity index (χ3v) is 4.19. The normalized spacial score (nSPS) is 17.1. The Morgan fingerprint density at radius 3 is 2.76 bits per heavy atom. The van der Waals surface area contributed by atoms with Crippen LogP contribution in [0.3, 0.4) is 0 Å². The standard InChI is InChI=1S/C17H29N5O2.HI/c1-20(2)16(23)12-19-17(18-11-15-8-6-10-24-15)22(4)13-14-7-5-9-21(14)3;/h5,7,9,15H,6,8,10-13H2,1-4H3,(H,18,19);1H. The minimum atomic E-state index is -0.0151. The number of ether oxygens (including phenoxy) is 1. The van der Waals surface area contributed by atoms with Gasteiger partial charge in [0.05, 0.1) is 12.6 Å². The highest BCUT2D eigenvalue weighted by Gasteiger charge is 2.17. The SMILES string of the molecule is CN(C)C(=O)CN=C(NCC1CCCO1)N(C)Cc1cccn1C.I. The van der Waals surface area contributed by atoms with Crippen LogP contribution in [0.1, 0.15) is 18.5 Å². The molecule has 8 heteroatoms. The maximum absolute atomic E-state index is 11.8. The monoisotopic (exact) mass is 463 g/mol. The van der Waals surface area contributed by atoms with E-state index in [0.717, 1.165) is 32.0 Å². The van der Waals surface area contributed by atoms with Gasteiger partial charge in [-0.05, 0) is 25.0 Å². The number of carbonyl (C=O) groups excluding carboxylic acids is 1. The second kappa shape index (κ2) is 10.6. The van der Waals surface area contributed by atoms with E-state index >= 15 is 0 Å². The number of likely N-dealkylation sites (N-methyl/N-ethyl adjacent to an activating group) is 1. The lowest BCUT2D eigenvalue weighted by atomic mass is 10.2. The van der Waals surface area contributed by atoms with Crippen molar-refractivity contribution in [1.29, 1.82) is 0 Å². The smallest absolute Gasteiger partial charge is 0.243 e. The molecule has 7 nitrogen and oxygen atoms in total. The Hall–Kier alpha value is -1.29. The molecule has 1 aromatic heterocycles. The molecule has 1 amide bonds. The van der Waals surface area contributed by atoms with Crippen molar-refractivity contribution >= 4 is 35.8 Å². The second-order valence-electron chi connectivity index (χ2n) is 6.41. The average Bonchev–Trinajstić information content (AvgIpc) is 3.19. The zero-order valence-electron chi connectivity index (χ0n) is 15.6. The van der Waals surface area contributed by atoms with Crippen LogP contribution in [0.2, 0.25) is 0 Å². The van der Waals surface area contributed by atoms with Gasteiger partial charge in [-0.25, -0.2) is 4.99 Å². The lowest BCUT2D eigenvalue weighted by Crippen LogP contribution is -2.42. The summed E-state index contributed by atoms with van der Waals surface area (Å²) in [6.07, 6.45) is 4.42. The fraction of sp³-hybridized carbons (Fsp3) is 0.647. The van der Waals surface area contributed by atoms with Crippen LogP contribution in [0, 0.1) is 0 Å². The number of carbonyl (C=O) groups is 1. The van der Waals surface area contributed by atoms with Crippen molar-refractivity contribution in [3.8, 4) is 0 Å². The lowest BCUT2D eigenvalue weighted by Gasteiger charge is -2.24. The Kier molecular flexibility index (Phi) is 9.26. The molecule has 25 heavy (non-hydrogen) atoms. The van der Waals surface area contributed by atoms with Crippen LogP contribution >= 0.6 is 24.0 Å². The van der Waals surface area contributed by atoms with Gasteiger partial charge in [0, 0.05) is 53.2 Å². The molecule has 1 aliphatic rings. The lowest BCUT2D eigenvalue weighted by molar-refractivity contribution is -0.127. The van der Waals surface area contributed by atoms with E-state index < -0.39 is 0 Å². The number of rotatable bonds is 6. The van der Waals surface area contributed by atoms with Crippen LogP contribution in [0.25, 0.3) is 0 Å². The first-order valence-corrected chi connectivity index (χ1v) is 8.38. The maximum Gasteiger partial charge on any atom is 0.243 e. The third-order valence-electron chi connectivity index (χ3n) is 4.19. The summed E-state index contributed by atoms with van der Waals surface area (Å²) in [6.45, 7) is 2.40. The highest BCUT2D eigenvalue weighted by Crippen LogP contribution is 2.11. The summed E-state index contributed by atoms with van der Waals surface area (Å²) in [5.74, 6) is 0.709. The maximum atomic E-state index is 11.8. The molecule has 0 aromatic carbocycles. The minimum Gasteiger partial charge on any atom is -0.376 e. The molecule has 0 saturated carbocycles. The summed E-state index contributed by atoms with van der Waals surface area (Å²) in [6, 6.07) is 4.11. The first-order chi connectivity index (χ1) is 11.5. The van der Waals surface area contributed by atoms with E-state index in [1.807, 2.05) is 31.3 Å². The number of amides is 1. The summed E-state index contributed by atoms with van der Waals surface area (Å²) in [4.78, 5) is 19.9. The summed E-state index contributed by atoms with van der Waals surface area (Å²) in [5, 5.41) is 3.36. The van der Waals surface area contributed by atoms with E-state index in [9.17, 15) is 4.79 Å². The molecule has 1 N–H and O–H groups in total. The number of guanidine groups is 1. The van der Waals surface area contributed by atoms with Gasteiger partial charge >= 0.3 is 0 Å². The van der Waals surface area contributed by atoms with Crippen LogP contribution in [0.5, 0.6) is 0 Å². The molecule has 1 unspecified atom stereocenters. The van der Waals surface area contributed by atoms with Crippen molar-refractivity contribution in [3.05, 3.63) is 24.0 Å². The van der Waals surface area contributed by atoms with E-state index in [1.165, 1.54) is 5.69 Å². The minimum absolute atomic E-state index is 0. The predicted octanol–water partition coefficient (Wildman–Crippen LogP) is 1.29. The molecule has 1 saturated heterocycles. The van der Waals surface area contributed by atoms with Gasteiger partial charge < -0.3 is 24.4 Å². The van der Waals surface area contributed by atoms with Crippen molar-refractivity contribution in [2.45, 2.75) is 25.5 Å². The number of hydrogen-bond acceptors (Lipinski definition) is 3. The van der Waals surface area contributed by atoms with Crippen LogP contribution < -0.4 is 5.32 Å². The van der Waals surface area contributed by atoms with Gasteiger partial charge in [0.15, 0.2) is 5.96 Å². The molecule has 1 fully saturated rings. The predicted molar refractivity (Wildman–Crippen MR) is 110 cm³/mol. The Balaban J connectivity index is 0.00000312. The first kappa shape index (κ1) is 21.8. The van der Waals surface area contributed by atoms with Crippen molar-refractivity contribution < 1.29 is 9.53 Å². The van der Waals surface area contributed by atoms with Crippen LogP contribution in [0.15, 0.2) is 23.3 Å². The van der Waals surface area contributed by atoms with Gasteiger partial charge in [-0.15, -0.1) is 24.0 Å².